The van der Waals surface area contributed by atoms with Crippen LogP contribution in [0.5, 0.6) is 0 Å². The van der Waals surface area contributed by atoms with Crippen molar-refractivity contribution in [1.82, 2.24) is 4.90 Å². The fourth-order valence-corrected chi connectivity index (χ4v) is 2.18. The van der Waals surface area contributed by atoms with Gasteiger partial charge in [-0.3, -0.25) is 4.90 Å². The van der Waals surface area contributed by atoms with E-state index in [1.165, 1.54) is 31.5 Å². The number of nitrogens with zero attached hydrogens (tertiary/aromatic N) is 1. The Kier molecular flexibility index (Phi) is 4.61. The summed E-state index contributed by atoms with van der Waals surface area (Å²) >= 11 is 0. The van der Waals surface area contributed by atoms with E-state index in [9.17, 15) is 0 Å². The molecule has 2 nitrogen and oxygen atoms in total. The molecule has 0 spiro atoms. The fraction of sp³-hybridized carbons (Fsp3) is 0.467. The highest BCUT2D eigenvalue weighted by Crippen LogP contribution is 2.15. The van der Waals surface area contributed by atoms with Crippen molar-refractivity contribution in [2.75, 3.05) is 19.7 Å². The van der Waals surface area contributed by atoms with Gasteiger partial charge in [-0.2, -0.15) is 0 Å². The summed E-state index contributed by atoms with van der Waals surface area (Å²) in [7, 11) is 0. The summed E-state index contributed by atoms with van der Waals surface area (Å²) in [5.74, 6) is 6.15. The van der Waals surface area contributed by atoms with Crippen LogP contribution in [0, 0.1) is 11.8 Å². The molecule has 1 N–H and O–H groups in total. The van der Waals surface area contributed by atoms with Crippen LogP contribution in [-0.4, -0.2) is 29.7 Å². The Labute approximate surface area is 103 Å². The average molecular weight is 229 g/mol. The van der Waals surface area contributed by atoms with E-state index < -0.39 is 0 Å². The molecular weight excluding hydrogens is 210 g/mol. The van der Waals surface area contributed by atoms with Gasteiger partial charge in [0.15, 0.2) is 0 Å². The Hall–Kier alpha value is -1.30. The van der Waals surface area contributed by atoms with Gasteiger partial charge in [0.2, 0.25) is 0 Å². The van der Waals surface area contributed by atoms with Crippen molar-refractivity contribution in [2.24, 2.45) is 0 Å². The molecule has 2 heteroatoms. The summed E-state index contributed by atoms with van der Waals surface area (Å²) in [6.45, 7) is 3.56. The summed E-state index contributed by atoms with van der Waals surface area (Å²) in [5.41, 5.74) is 2.41. The molecule has 1 aliphatic rings. The van der Waals surface area contributed by atoms with Gasteiger partial charge in [-0.25, -0.2) is 0 Å². The minimum Gasteiger partial charge on any atom is -0.395 e. The molecule has 0 bridgehead atoms. The second kappa shape index (κ2) is 6.44. The van der Waals surface area contributed by atoms with Crippen LogP contribution in [0.25, 0.3) is 0 Å². The van der Waals surface area contributed by atoms with Gasteiger partial charge in [0.25, 0.3) is 0 Å². The van der Waals surface area contributed by atoms with Crippen LogP contribution >= 0.6 is 0 Å². The van der Waals surface area contributed by atoms with E-state index in [2.05, 4.69) is 34.9 Å². The highest BCUT2D eigenvalue weighted by molar-refractivity contribution is 5.41. The summed E-state index contributed by atoms with van der Waals surface area (Å²) in [6, 6.07) is 8.32. The monoisotopic (exact) mass is 229 g/mol. The van der Waals surface area contributed by atoms with Crippen molar-refractivity contribution in [2.45, 2.75) is 25.8 Å². The molecule has 1 aliphatic heterocycles. The summed E-state index contributed by atoms with van der Waals surface area (Å²) < 4.78 is 0. The normalized spacial score (nSPS) is 15.6. The molecule has 1 aromatic rings. The van der Waals surface area contributed by atoms with E-state index in [0.717, 1.165) is 12.1 Å². The van der Waals surface area contributed by atoms with Crippen LogP contribution in [-0.2, 0) is 6.54 Å². The molecule has 17 heavy (non-hydrogen) atoms. The zero-order valence-electron chi connectivity index (χ0n) is 10.2. The number of hydrogen-bond acceptors (Lipinski definition) is 2. The lowest BCUT2D eigenvalue weighted by molar-refractivity contribution is 0.305. The minimum atomic E-state index is 0.140. The zero-order valence-corrected chi connectivity index (χ0v) is 10.2. The standard InChI is InChI=1S/C15H19NO/c17-12-6-3-8-14-7-1-2-9-15(14)13-16-10-4-5-11-16/h1-2,7,9,17H,4-6,10-13H2. The minimum absolute atomic E-state index is 0.140. The predicted octanol–water partition coefficient (Wildman–Crippen LogP) is 2.02. The van der Waals surface area contributed by atoms with Crippen molar-refractivity contribution in [3.63, 3.8) is 0 Å². The van der Waals surface area contributed by atoms with Gasteiger partial charge in [-0.15, -0.1) is 0 Å². The second-order valence-corrected chi connectivity index (χ2v) is 4.42. The van der Waals surface area contributed by atoms with E-state index in [0.29, 0.717) is 6.42 Å². The van der Waals surface area contributed by atoms with Crippen LogP contribution in [0.15, 0.2) is 24.3 Å². The van der Waals surface area contributed by atoms with E-state index >= 15 is 0 Å². The lowest BCUT2D eigenvalue weighted by Gasteiger charge is -2.15. The molecule has 1 saturated heterocycles. The zero-order chi connectivity index (χ0) is 11.9. The molecule has 0 atom stereocenters. The maximum absolute atomic E-state index is 8.73. The summed E-state index contributed by atoms with van der Waals surface area (Å²) in [5, 5.41) is 8.73. The molecule has 0 saturated carbocycles. The Morgan fingerprint density at radius 3 is 2.71 bits per heavy atom. The summed E-state index contributed by atoms with van der Waals surface area (Å²) in [4.78, 5) is 2.48. The van der Waals surface area contributed by atoms with Crippen molar-refractivity contribution in [1.29, 1.82) is 0 Å². The molecule has 0 aromatic heterocycles. The smallest absolute Gasteiger partial charge is 0.0540 e. The van der Waals surface area contributed by atoms with Gasteiger partial charge >= 0.3 is 0 Å². The molecule has 1 heterocycles. The third kappa shape index (κ3) is 3.59. The Balaban J connectivity index is 2.07. The first-order valence-electron chi connectivity index (χ1n) is 6.30. The third-order valence-electron chi connectivity index (χ3n) is 3.07. The Bertz CT molecular complexity index is 410. The Morgan fingerprint density at radius 2 is 1.94 bits per heavy atom. The first kappa shape index (κ1) is 12.2. The average Bonchev–Trinajstić information content (AvgIpc) is 2.84. The molecule has 1 fully saturated rings. The van der Waals surface area contributed by atoms with Crippen molar-refractivity contribution < 1.29 is 5.11 Å². The number of aliphatic hydroxyl groups is 1. The maximum atomic E-state index is 8.73. The van der Waals surface area contributed by atoms with Crippen LogP contribution < -0.4 is 0 Å². The largest absolute Gasteiger partial charge is 0.395 e. The molecule has 1 aromatic carbocycles. The highest BCUT2D eigenvalue weighted by Gasteiger charge is 2.12. The molecule has 0 radical (unpaired) electrons. The second-order valence-electron chi connectivity index (χ2n) is 4.42. The van der Waals surface area contributed by atoms with Gasteiger partial charge < -0.3 is 5.11 Å². The fourth-order valence-electron chi connectivity index (χ4n) is 2.18. The molecule has 0 amide bonds. The van der Waals surface area contributed by atoms with E-state index in [4.69, 9.17) is 5.11 Å². The van der Waals surface area contributed by atoms with Crippen molar-refractivity contribution in [3.05, 3.63) is 35.4 Å². The number of hydrogen-bond donors (Lipinski definition) is 1. The van der Waals surface area contributed by atoms with Crippen LogP contribution in [0.1, 0.15) is 30.4 Å². The molecular formula is C15H19NO. The molecule has 0 unspecified atom stereocenters. The van der Waals surface area contributed by atoms with E-state index in [1.807, 2.05) is 6.07 Å². The molecule has 0 aliphatic carbocycles. The number of aliphatic hydroxyl groups excluding tert-OH is 1. The van der Waals surface area contributed by atoms with Gasteiger partial charge in [-0.1, -0.05) is 30.0 Å². The summed E-state index contributed by atoms with van der Waals surface area (Å²) in [6.07, 6.45) is 3.19. The van der Waals surface area contributed by atoms with Gasteiger partial charge in [0.05, 0.1) is 6.61 Å². The lowest BCUT2D eigenvalue weighted by atomic mass is 10.1. The number of benzene rings is 1. The van der Waals surface area contributed by atoms with Gasteiger partial charge in [-0.05, 0) is 37.6 Å². The lowest BCUT2D eigenvalue weighted by Crippen LogP contribution is -2.18. The van der Waals surface area contributed by atoms with Crippen LogP contribution in [0.2, 0.25) is 0 Å². The van der Waals surface area contributed by atoms with E-state index in [1.54, 1.807) is 0 Å². The highest BCUT2D eigenvalue weighted by atomic mass is 16.2. The first-order chi connectivity index (χ1) is 8.40. The van der Waals surface area contributed by atoms with Crippen molar-refractivity contribution >= 4 is 0 Å². The van der Waals surface area contributed by atoms with Crippen LogP contribution in [0.4, 0.5) is 0 Å². The van der Waals surface area contributed by atoms with Crippen molar-refractivity contribution in [3.8, 4) is 11.8 Å². The number of likely N-dealkylation sites (tertiary alicyclic amines) is 1. The van der Waals surface area contributed by atoms with E-state index in [-0.39, 0.29) is 6.61 Å². The molecule has 90 valence electrons. The number of rotatable bonds is 3. The SMILES string of the molecule is OCCC#Cc1ccccc1CN1CCCC1. The maximum Gasteiger partial charge on any atom is 0.0540 e. The topological polar surface area (TPSA) is 23.5 Å². The van der Waals surface area contributed by atoms with Gasteiger partial charge in [0, 0.05) is 18.5 Å². The Morgan fingerprint density at radius 1 is 1.18 bits per heavy atom. The quantitative estimate of drug-likeness (QED) is 0.802. The molecule has 2 rings (SSSR count). The van der Waals surface area contributed by atoms with Gasteiger partial charge in [0.1, 0.15) is 0 Å². The third-order valence-corrected chi connectivity index (χ3v) is 3.07. The van der Waals surface area contributed by atoms with Crippen LogP contribution in [0.3, 0.4) is 0 Å². The first-order valence-corrected chi connectivity index (χ1v) is 6.30. The predicted molar refractivity (Wildman–Crippen MR) is 69.5 cm³/mol.